The molecule has 1 fully saturated rings. The van der Waals surface area contributed by atoms with E-state index in [1.165, 1.54) is 0 Å². The Hall–Kier alpha value is -2.86. The monoisotopic (exact) mass is 353 g/mol. The van der Waals surface area contributed by atoms with Crippen molar-refractivity contribution in [3.8, 4) is 0 Å². The number of ether oxygens (including phenoxy) is 1. The van der Waals surface area contributed by atoms with Crippen molar-refractivity contribution >= 4 is 23.2 Å². The molecule has 1 aliphatic heterocycles. The van der Waals surface area contributed by atoms with Crippen molar-refractivity contribution in [2.45, 2.75) is 13.5 Å². The Kier molecular flexibility index (Phi) is 5.86. The number of morpholine rings is 1. The molecule has 0 aromatic heterocycles. The molecule has 0 aliphatic carbocycles. The third kappa shape index (κ3) is 4.40. The number of aryl methyl sites for hydroxylation is 1. The Bertz CT molecular complexity index is 785. The molecule has 0 unspecified atom stereocenters. The van der Waals surface area contributed by atoms with Crippen molar-refractivity contribution in [1.82, 2.24) is 5.32 Å². The zero-order valence-electron chi connectivity index (χ0n) is 14.8. The summed E-state index contributed by atoms with van der Waals surface area (Å²) in [6.45, 7) is 5.11. The van der Waals surface area contributed by atoms with Crippen molar-refractivity contribution in [1.29, 1.82) is 0 Å². The molecular weight excluding hydrogens is 330 g/mol. The van der Waals surface area contributed by atoms with Gasteiger partial charge in [-0.2, -0.15) is 0 Å². The number of rotatable bonds is 4. The molecule has 26 heavy (non-hydrogen) atoms. The summed E-state index contributed by atoms with van der Waals surface area (Å²) < 4.78 is 5.37. The maximum Gasteiger partial charge on any atom is 0.313 e. The minimum absolute atomic E-state index is 0.323. The van der Waals surface area contributed by atoms with Crippen LogP contribution in [-0.2, 0) is 20.9 Å². The number of amides is 2. The van der Waals surface area contributed by atoms with E-state index in [-0.39, 0.29) is 0 Å². The number of carbonyl (C=O) groups is 2. The topological polar surface area (TPSA) is 70.7 Å². The number of benzene rings is 2. The first kappa shape index (κ1) is 17.9. The van der Waals surface area contributed by atoms with Crippen LogP contribution in [0.4, 0.5) is 11.4 Å². The Morgan fingerprint density at radius 3 is 2.46 bits per heavy atom. The molecule has 6 nitrogen and oxygen atoms in total. The van der Waals surface area contributed by atoms with Gasteiger partial charge < -0.3 is 20.3 Å². The summed E-state index contributed by atoms with van der Waals surface area (Å²) in [6, 6.07) is 15.2. The Labute approximate surface area is 153 Å². The zero-order valence-corrected chi connectivity index (χ0v) is 14.8. The van der Waals surface area contributed by atoms with Gasteiger partial charge in [0.2, 0.25) is 0 Å². The highest BCUT2D eigenvalue weighted by Gasteiger charge is 2.19. The maximum atomic E-state index is 12.3. The predicted octanol–water partition coefficient (Wildman–Crippen LogP) is 2.09. The van der Waals surface area contributed by atoms with Crippen LogP contribution in [0.2, 0.25) is 0 Å². The third-order valence-electron chi connectivity index (χ3n) is 4.41. The van der Waals surface area contributed by atoms with E-state index in [9.17, 15) is 9.59 Å². The van der Waals surface area contributed by atoms with Crippen LogP contribution < -0.4 is 15.5 Å². The SMILES string of the molecule is Cc1ccccc1CNC(=O)C(=O)Nc1ccccc1N1CCOCC1. The summed E-state index contributed by atoms with van der Waals surface area (Å²) in [5, 5.41) is 5.40. The number of nitrogens with one attached hydrogen (secondary N) is 2. The van der Waals surface area contributed by atoms with Gasteiger partial charge in [-0.3, -0.25) is 9.59 Å². The minimum atomic E-state index is -0.667. The van der Waals surface area contributed by atoms with Gasteiger partial charge in [0.05, 0.1) is 24.6 Å². The molecule has 1 aliphatic rings. The summed E-state index contributed by atoms with van der Waals surface area (Å²) in [5.74, 6) is -1.32. The van der Waals surface area contributed by atoms with E-state index in [0.717, 1.165) is 29.9 Å². The molecule has 1 heterocycles. The molecule has 2 aromatic rings. The van der Waals surface area contributed by atoms with Crippen molar-refractivity contribution < 1.29 is 14.3 Å². The van der Waals surface area contributed by atoms with Gasteiger partial charge in [-0.15, -0.1) is 0 Å². The average Bonchev–Trinajstić information content (AvgIpc) is 2.68. The summed E-state index contributed by atoms with van der Waals surface area (Å²) >= 11 is 0. The fraction of sp³-hybridized carbons (Fsp3) is 0.300. The molecule has 0 saturated carbocycles. The van der Waals surface area contributed by atoms with Crippen LogP contribution in [0, 0.1) is 6.92 Å². The second-order valence-corrected chi connectivity index (χ2v) is 6.18. The van der Waals surface area contributed by atoms with Crippen LogP contribution in [0.3, 0.4) is 0 Å². The van der Waals surface area contributed by atoms with E-state index in [4.69, 9.17) is 4.74 Å². The first-order chi connectivity index (χ1) is 12.6. The van der Waals surface area contributed by atoms with Gasteiger partial charge in [0.1, 0.15) is 0 Å². The first-order valence-corrected chi connectivity index (χ1v) is 8.70. The standard InChI is InChI=1S/C20H23N3O3/c1-15-6-2-3-7-16(15)14-21-19(24)20(25)22-17-8-4-5-9-18(17)23-10-12-26-13-11-23/h2-9H,10-14H2,1H3,(H,21,24)(H,22,25). The molecule has 1 saturated heterocycles. The van der Waals surface area contributed by atoms with Crippen molar-refractivity contribution in [2.75, 3.05) is 36.5 Å². The Morgan fingerprint density at radius 1 is 1.00 bits per heavy atom. The summed E-state index contributed by atoms with van der Waals surface area (Å²) in [7, 11) is 0. The number of anilines is 2. The number of carbonyl (C=O) groups excluding carboxylic acids is 2. The van der Waals surface area contributed by atoms with Crippen LogP contribution in [-0.4, -0.2) is 38.1 Å². The van der Waals surface area contributed by atoms with Crippen LogP contribution in [0.25, 0.3) is 0 Å². The second-order valence-electron chi connectivity index (χ2n) is 6.18. The number of nitrogens with zero attached hydrogens (tertiary/aromatic N) is 1. The molecule has 3 rings (SSSR count). The van der Waals surface area contributed by atoms with Gasteiger partial charge in [0, 0.05) is 19.6 Å². The van der Waals surface area contributed by atoms with Gasteiger partial charge in [-0.05, 0) is 30.2 Å². The first-order valence-electron chi connectivity index (χ1n) is 8.70. The van der Waals surface area contributed by atoms with Gasteiger partial charge in [0.15, 0.2) is 0 Å². The normalized spacial score (nSPS) is 14.0. The molecule has 6 heteroatoms. The highest BCUT2D eigenvalue weighted by Crippen LogP contribution is 2.26. The van der Waals surface area contributed by atoms with Crippen molar-refractivity contribution in [2.24, 2.45) is 0 Å². The van der Waals surface area contributed by atoms with Crippen LogP contribution in [0.1, 0.15) is 11.1 Å². The summed E-state index contributed by atoms with van der Waals surface area (Å²) in [5.41, 5.74) is 3.59. The lowest BCUT2D eigenvalue weighted by Gasteiger charge is -2.30. The van der Waals surface area contributed by atoms with Crippen molar-refractivity contribution in [3.05, 3.63) is 59.7 Å². The molecular formula is C20H23N3O3. The summed E-state index contributed by atoms with van der Waals surface area (Å²) in [6.07, 6.45) is 0. The Balaban J connectivity index is 1.62. The predicted molar refractivity (Wildman–Crippen MR) is 101 cm³/mol. The fourth-order valence-corrected chi connectivity index (χ4v) is 2.90. The third-order valence-corrected chi connectivity index (χ3v) is 4.41. The van der Waals surface area contributed by atoms with Gasteiger partial charge in [0.25, 0.3) is 0 Å². The molecule has 136 valence electrons. The largest absolute Gasteiger partial charge is 0.378 e. The number of para-hydroxylation sites is 2. The van der Waals surface area contributed by atoms with Gasteiger partial charge in [-0.25, -0.2) is 0 Å². The van der Waals surface area contributed by atoms with E-state index >= 15 is 0 Å². The molecule has 0 spiro atoms. The van der Waals surface area contributed by atoms with E-state index in [1.54, 1.807) is 6.07 Å². The zero-order chi connectivity index (χ0) is 18.4. The smallest absolute Gasteiger partial charge is 0.313 e. The van der Waals surface area contributed by atoms with Crippen LogP contribution >= 0.6 is 0 Å². The number of hydrogen-bond acceptors (Lipinski definition) is 4. The minimum Gasteiger partial charge on any atom is -0.378 e. The maximum absolute atomic E-state index is 12.3. The van der Waals surface area contributed by atoms with E-state index in [2.05, 4.69) is 15.5 Å². The van der Waals surface area contributed by atoms with Crippen LogP contribution in [0.15, 0.2) is 48.5 Å². The van der Waals surface area contributed by atoms with E-state index in [1.807, 2.05) is 49.4 Å². The lowest BCUT2D eigenvalue weighted by Crippen LogP contribution is -2.38. The van der Waals surface area contributed by atoms with Gasteiger partial charge >= 0.3 is 11.8 Å². The van der Waals surface area contributed by atoms with Gasteiger partial charge in [-0.1, -0.05) is 36.4 Å². The second kappa shape index (κ2) is 8.49. The molecule has 0 radical (unpaired) electrons. The molecule has 0 atom stereocenters. The molecule has 2 N–H and O–H groups in total. The van der Waals surface area contributed by atoms with E-state index in [0.29, 0.717) is 25.4 Å². The highest BCUT2D eigenvalue weighted by molar-refractivity contribution is 6.39. The molecule has 2 aromatic carbocycles. The van der Waals surface area contributed by atoms with E-state index < -0.39 is 11.8 Å². The molecule has 2 amide bonds. The lowest BCUT2D eigenvalue weighted by atomic mass is 10.1. The number of hydrogen-bond donors (Lipinski definition) is 2. The quantitative estimate of drug-likeness (QED) is 0.826. The lowest BCUT2D eigenvalue weighted by molar-refractivity contribution is -0.136. The fourth-order valence-electron chi connectivity index (χ4n) is 2.90. The molecule has 0 bridgehead atoms. The van der Waals surface area contributed by atoms with Crippen LogP contribution in [0.5, 0.6) is 0 Å². The Morgan fingerprint density at radius 2 is 1.69 bits per heavy atom. The average molecular weight is 353 g/mol. The highest BCUT2D eigenvalue weighted by atomic mass is 16.5. The van der Waals surface area contributed by atoms with Crippen molar-refractivity contribution in [3.63, 3.8) is 0 Å². The summed E-state index contributed by atoms with van der Waals surface area (Å²) in [4.78, 5) is 26.6.